The number of nitrogens with zero attached hydrogens (tertiary/aromatic N) is 1. The molecule has 0 bridgehead atoms. The van der Waals surface area contributed by atoms with Crippen LogP contribution >= 0.6 is 12.4 Å². The van der Waals surface area contributed by atoms with Crippen LogP contribution in [-0.4, -0.2) is 44.6 Å². The smallest absolute Gasteiger partial charge is 0.227 e. The largest absolute Gasteiger partial charge is 0.495 e. The summed E-state index contributed by atoms with van der Waals surface area (Å²) in [6.07, 6.45) is 2.32. The number of methoxy groups -OCH3 is 1. The van der Waals surface area contributed by atoms with Crippen LogP contribution in [0.1, 0.15) is 24.8 Å². The molecule has 2 aliphatic heterocycles. The van der Waals surface area contributed by atoms with Gasteiger partial charge in [-0.05, 0) is 44.0 Å². The molecule has 6 nitrogen and oxygen atoms in total. The lowest BCUT2D eigenvalue weighted by Crippen LogP contribution is -2.47. The zero-order valence-corrected chi connectivity index (χ0v) is 15.5. The van der Waals surface area contributed by atoms with Crippen molar-refractivity contribution in [2.45, 2.75) is 32.2 Å². The van der Waals surface area contributed by atoms with Gasteiger partial charge in [0.05, 0.1) is 18.7 Å². The van der Waals surface area contributed by atoms with Crippen molar-refractivity contribution in [3.05, 3.63) is 23.8 Å². The van der Waals surface area contributed by atoms with Crippen molar-refractivity contribution in [3.8, 4) is 5.75 Å². The maximum absolute atomic E-state index is 12.5. The average molecular weight is 368 g/mol. The first-order valence-corrected chi connectivity index (χ1v) is 8.54. The second kappa shape index (κ2) is 8.54. The highest BCUT2D eigenvalue weighted by molar-refractivity contribution is 6.01. The molecule has 2 atom stereocenters. The molecule has 1 unspecified atom stereocenters. The first-order valence-electron chi connectivity index (χ1n) is 8.54. The maximum atomic E-state index is 12.5. The zero-order valence-electron chi connectivity index (χ0n) is 14.7. The van der Waals surface area contributed by atoms with Gasteiger partial charge in [-0.15, -0.1) is 12.4 Å². The molecular weight excluding hydrogens is 342 g/mol. The summed E-state index contributed by atoms with van der Waals surface area (Å²) in [5, 5.41) is 6.37. The molecule has 2 aliphatic rings. The molecule has 0 spiro atoms. The van der Waals surface area contributed by atoms with Gasteiger partial charge in [0.15, 0.2) is 0 Å². The van der Waals surface area contributed by atoms with E-state index in [4.69, 9.17) is 4.74 Å². The standard InChI is InChI=1S/C18H25N3O3.ClH/c1-12-5-6-16(24-2)15(8-12)21-11-13(9-17(21)22)18(23)20-14-4-3-7-19-10-14;/h5-6,8,13-14,19H,3-4,7,9-11H2,1-2H3,(H,20,23);1H/t13?,14-;/m0./s1. The average Bonchev–Trinajstić information content (AvgIpc) is 2.97. The van der Waals surface area contributed by atoms with E-state index in [2.05, 4.69) is 10.6 Å². The molecular formula is C18H26ClN3O3. The SMILES string of the molecule is COc1ccc(C)cc1N1CC(C(=O)N[C@H]2CCCNC2)CC1=O.Cl. The monoisotopic (exact) mass is 367 g/mol. The Labute approximate surface area is 154 Å². The number of halogens is 1. The number of anilines is 1. The quantitative estimate of drug-likeness (QED) is 0.848. The number of rotatable bonds is 4. The minimum Gasteiger partial charge on any atom is -0.495 e. The van der Waals surface area contributed by atoms with Crippen LogP contribution in [0.25, 0.3) is 0 Å². The summed E-state index contributed by atoms with van der Waals surface area (Å²) in [6, 6.07) is 5.91. The van der Waals surface area contributed by atoms with Crippen LogP contribution in [0.4, 0.5) is 5.69 Å². The van der Waals surface area contributed by atoms with Crippen molar-refractivity contribution >= 4 is 29.9 Å². The second-order valence-electron chi connectivity index (χ2n) is 6.63. The minimum absolute atomic E-state index is 0. The van der Waals surface area contributed by atoms with Gasteiger partial charge in [-0.1, -0.05) is 6.07 Å². The van der Waals surface area contributed by atoms with Crippen LogP contribution in [-0.2, 0) is 9.59 Å². The molecule has 0 aliphatic carbocycles. The molecule has 3 rings (SSSR count). The van der Waals surface area contributed by atoms with Crippen molar-refractivity contribution in [2.24, 2.45) is 5.92 Å². The third-order valence-corrected chi connectivity index (χ3v) is 4.76. The molecule has 1 aromatic carbocycles. The summed E-state index contributed by atoms with van der Waals surface area (Å²) in [6.45, 7) is 4.20. The Morgan fingerprint density at radius 2 is 2.20 bits per heavy atom. The predicted octanol–water partition coefficient (Wildman–Crippen LogP) is 1.65. The summed E-state index contributed by atoms with van der Waals surface area (Å²) in [7, 11) is 1.59. The Morgan fingerprint density at radius 1 is 1.40 bits per heavy atom. The van der Waals surface area contributed by atoms with Gasteiger partial charge in [-0.2, -0.15) is 0 Å². The van der Waals surface area contributed by atoms with Crippen LogP contribution in [0.5, 0.6) is 5.75 Å². The fourth-order valence-electron chi connectivity index (χ4n) is 3.42. The number of hydrogen-bond acceptors (Lipinski definition) is 4. The number of carbonyl (C=O) groups excluding carboxylic acids is 2. The van der Waals surface area contributed by atoms with E-state index in [0.717, 1.165) is 37.2 Å². The Kier molecular flexibility index (Phi) is 6.67. The molecule has 2 heterocycles. The maximum Gasteiger partial charge on any atom is 0.227 e. The predicted molar refractivity (Wildman–Crippen MR) is 99.5 cm³/mol. The molecule has 138 valence electrons. The van der Waals surface area contributed by atoms with Crippen LogP contribution in [0.3, 0.4) is 0 Å². The molecule has 1 aromatic rings. The van der Waals surface area contributed by atoms with Crippen LogP contribution < -0.4 is 20.3 Å². The third-order valence-electron chi connectivity index (χ3n) is 4.76. The van der Waals surface area contributed by atoms with E-state index in [1.165, 1.54) is 0 Å². The Morgan fingerprint density at radius 3 is 2.88 bits per heavy atom. The van der Waals surface area contributed by atoms with E-state index in [9.17, 15) is 9.59 Å². The topological polar surface area (TPSA) is 70.7 Å². The lowest BCUT2D eigenvalue weighted by Gasteiger charge is -2.25. The van der Waals surface area contributed by atoms with E-state index < -0.39 is 0 Å². The lowest BCUT2D eigenvalue weighted by atomic mass is 10.0. The number of benzene rings is 1. The molecule has 2 amide bonds. The van der Waals surface area contributed by atoms with E-state index in [1.54, 1.807) is 12.0 Å². The molecule has 0 aromatic heterocycles. The van der Waals surface area contributed by atoms with E-state index in [0.29, 0.717) is 12.3 Å². The molecule has 0 radical (unpaired) electrons. The summed E-state index contributed by atoms with van der Waals surface area (Å²) >= 11 is 0. The molecule has 2 fully saturated rings. The van der Waals surface area contributed by atoms with Gasteiger partial charge in [0.2, 0.25) is 11.8 Å². The normalized spacial score (nSPS) is 23.1. The first-order chi connectivity index (χ1) is 11.6. The van der Waals surface area contributed by atoms with Gasteiger partial charge in [-0.25, -0.2) is 0 Å². The summed E-state index contributed by atoms with van der Waals surface area (Å²) < 4.78 is 5.38. The Balaban J connectivity index is 0.00000225. The summed E-state index contributed by atoms with van der Waals surface area (Å²) in [5.74, 6) is 0.308. The van der Waals surface area contributed by atoms with E-state index >= 15 is 0 Å². The highest BCUT2D eigenvalue weighted by atomic mass is 35.5. The lowest BCUT2D eigenvalue weighted by molar-refractivity contribution is -0.127. The van der Waals surface area contributed by atoms with E-state index in [-0.39, 0.29) is 42.6 Å². The van der Waals surface area contributed by atoms with Crippen molar-refractivity contribution in [1.29, 1.82) is 0 Å². The van der Waals surface area contributed by atoms with Gasteiger partial charge >= 0.3 is 0 Å². The van der Waals surface area contributed by atoms with Crippen molar-refractivity contribution in [3.63, 3.8) is 0 Å². The number of hydrogen-bond donors (Lipinski definition) is 2. The van der Waals surface area contributed by atoms with Crippen molar-refractivity contribution < 1.29 is 14.3 Å². The molecule has 7 heteroatoms. The van der Waals surface area contributed by atoms with Crippen LogP contribution in [0.15, 0.2) is 18.2 Å². The number of amides is 2. The second-order valence-corrected chi connectivity index (χ2v) is 6.63. The number of carbonyl (C=O) groups is 2. The van der Waals surface area contributed by atoms with Gasteiger partial charge in [0.1, 0.15) is 5.75 Å². The first kappa shape index (κ1) is 19.5. The Hall–Kier alpha value is -1.79. The number of ether oxygens (including phenoxy) is 1. The molecule has 25 heavy (non-hydrogen) atoms. The zero-order chi connectivity index (χ0) is 17.1. The van der Waals surface area contributed by atoms with Crippen molar-refractivity contribution in [1.82, 2.24) is 10.6 Å². The fraction of sp³-hybridized carbons (Fsp3) is 0.556. The summed E-state index contributed by atoms with van der Waals surface area (Å²) in [4.78, 5) is 26.6. The highest BCUT2D eigenvalue weighted by Crippen LogP contribution is 2.34. The van der Waals surface area contributed by atoms with Gasteiger partial charge in [-0.3, -0.25) is 9.59 Å². The van der Waals surface area contributed by atoms with Crippen LogP contribution in [0, 0.1) is 12.8 Å². The molecule has 2 N–H and O–H groups in total. The molecule has 0 saturated carbocycles. The van der Waals surface area contributed by atoms with Gasteiger partial charge < -0.3 is 20.3 Å². The number of piperidine rings is 1. The number of aryl methyl sites for hydroxylation is 1. The number of nitrogens with one attached hydrogen (secondary N) is 2. The van der Waals surface area contributed by atoms with E-state index in [1.807, 2.05) is 25.1 Å². The minimum atomic E-state index is -0.301. The molecule has 2 saturated heterocycles. The van der Waals surface area contributed by atoms with Gasteiger partial charge in [0.25, 0.3) is 0 Å². The third kappa shape index (κ3) is 4.44. The fourth-order valence-corrected chi connectivity index (χ4v) is 3.42. The summed E-state index contributed by atoms with van der Waals surface area (Å²) in [5.41, 5.74) is 1.80. The Bertz CT molecular complexity index is 632. The van der Waals surface area contributed by atoms with Crippen LogP contribution in [0.2, 0.25) is 0 Å². The van der Waals surface area contributed by atoms with Gasteiger partial charge in [0, 0.05) is 25.6 Å². The highest BCUT2D eigenvalue weighted by Gasteiger charge is 2.37. The van der Waals surface area contributed by atoms with Crippen molar-refractivity contribution in [2.75, 3.05) is 31.6 Å².